The maximum absolute atomic E-state index is 13.3. The second kappa shape index (κ2) is 7.26. The maximum atomic E-state index is 13.3. The van der Waals surface area contributed by atoms with Crippen molar-refractivity contribution in [3.63, 3.8) is 0 Å². The number of nitrogens with zero attached hydrogens (tertiary/aromatic N) is 2. The number of carbonyl (C=O) groups excluding carboxylic acids is 3. The van der Waals surface area contributed by atoms with Crippen LogP contribution in [0, 0.1) is 5.82 Å². The van der Waals surface area contributed by atoms with Crippen molar-refractivity contribution in [2.75, 3.05) is 19.6 Å². The number of urea groups is 1. The van der Waals surface area contributed by atoms with E-state index >= 15 is 0 Å². The zero-order valence-electron chi connectivity index (χ0n) is 15.7. The molecule has 146 valence electrons. The SMILES string of the molecule is CC[C@@]1(c2ccc(F)cc2)NC(=O)N(CC(=O)N2C[C@@H](C)O[C@@H](C)C2)C1=O. The number of ether oxygens (including phenoxy) is 1. The molecule has 0 aliphatic carbocycles. The van der Waals surface area contributed by atoms with Gasteiger partial charge in [0, 0.05) is 13.1 Å². The van der Waals surface area contributed by atoms with Gasteiger partial charge < -0.3 is 15.0 Å². The minimum Gasteiger partial charge on any atom is -0.372 e. The number of imide groups is 1. The number of halogens is 1. The summed E-state index contributed by atoms with van der Waals surface area (Å²) in [5.74, 6) is -1.22. The van der Waals surface area contributed by atoms with E-state index in [1.54, 1.807) is 11.8 Å². The third-order valence-electron chi connectivity index (χ3n) is 5.11. The summed E-state index contributed by atoms with van der Waals surface area (Å²) < 4.78 is 18.9. The van der Waals surface area contributed by atoms with Gasteiger partial charge >= 0.3 is 6.03 Å². The number of hydrogen-bond acceptors (Lipinski definition) is 4. The third kappa shape index (κ3) is 3.53. The van der Waals surface area contributed by atoms with Crippen LogP contribution in [0.3, 0.4) is 0 Å². The van der Waals surface area contributed by atoms with E-state index in [1.165, 1.54) is 24.3 Å². The van der Waals surface area contributed by atoms with Crippen LogP contribution in [0.25, 0.3) is 0 Å². The van der Waals surface area contributed by atoms with E-state index < -0.39 is 23.3 Å². The van der Waals surface area contributed by atoms with Gasteiger partial charge in [-0.15, -0.1) is 0 Å². The van der Waals surface area contributed by atoms with Crippen LogP contribution in [0.5, 0.6) is 0 Å². The van der Waals surface area contributed by atoms with Crippen LogP contribution in [0.2, 0.25) is 0 Å². The first kappa shape index (κ1) is 19.3. The largest absolute Gasteiger partial charge is 0.372 e. The number of benzene rings is 1. The number of rotatable bonds is 4. The lowest BCUT2D eigenvalue weighted by molar-refractivity contribution is -0.147. The highest BCUT2D eigenvalue weighted by atomic mass is 19.1. The molecular formula is C19H24FN3O4. The Labute approximate surface area is 157 Å². The summed E-state index contributed by atoms with van der Waals surface area (Å²) in [6, 6.07) is 4.84. The Morgan fingerprint density at radius 1 is 1.22 bits per heavy atom. The summed E-state index contributed by atoms with van der Waals surface area (Å²) in [6.07, 6.45) is 0.0870. The summed E-state index contributed by atoms with van der Waals surface area (Å²) in [7, 11) is 0. The van der Waals surface area contributed by atoms with Crippen LogP contribution in [-0.4, -0.2) is 59.5 Å². The molecule has 2 saturated heterocycles. The molecule has 0 saturated carbocycles. The molecule has 7 nitrogen and oxygen atoms in total. The molecule has 2 aliphatic rings. The highest BCUT2D eigenvalue weighted by Crippen LogP contribution is 2.32. The lowest BCUT2D eigenvalue weighted by Crippen LogP contribution is -2.52. The summed E-state index contributed by atoms with van der Waals surface area (Å²) >= 11 is 0. The quantitative estimate of drug-likeness (QED) is 0.809. The summed E-state index contributed by atoms with van der Waals surface area (Å²) in [5, 5.41) is 2.70. The first-order valence-corrected chi connectivity index (χ1v) is 9.10. The molecule has 0 radical (unpaired) electrons. The molecule has 1 aromatic rings. The molecule has 8 heteroatoms. The Morgan fingerprint density at radius 2 is 1.81 bits per heavy atom. The Balaban J connectivity index is 1.79. The van der Waals surface area contributed by atoms with E-state index in [2.05, 4.69) is 5.32 Å². The standard InChI is InChI=1S/C19H24FN3O4/c1-4-19(14-5-7-15(20)8-6-14)17(25)23(18(26)21-19)11-16(24)22-9-12(2)27-13(3)10-22/h5-8,12-13H,4,9-11H2,1-3H3,(H,21,26)/t12-,13+,19-/m0/s1. The zero-order valence-corrected chi connectivity index (χ0v) is 15.7. The molecule has 27 heavy (non-hydrogen) atoms. The molecule has 0 bridgehead atoms. The molecule has 1 aromatic carbocycles. The minimum atomic E-state index is -1.28. The van der Waals surface area contributed by atoms with Crippen molar-refractivity contribution in [2.45, 2.75) is 44.9 Å². The second-order valence-corrected chi connectivity index (χ2v) is 7.14. The monoisotopic (exact) mass is 377 g/mol. The Morgan fingerprint density at radius 3 is 2.37 bits per heavy atom. The maximum Gasteiger partial charge on any atom is 0.325 e. The van der Waals surface area contributed by atoms with E-state index in [4.69, 9.17) is 4.74 Å². The molecule has 4 amide bonds. The van der Waals surface area contributed by atoms with Crippen molar-refractivity contribution in [1.29, 1.82) is 0 Å². The molecule has 0 spiro atoms. The summed E-state index contributed by atoms with van der Waals surface area (Å²) in [6.45, 7) is 6.03. The van der Waals surface area contributed by atoms with Gasteiger partial charge in [0.15, 0.2) is 0 Å². The minimum absolute atomic E-state index is 0.102. The van der Waals surface area contributed by atoms with Gasteiger partial charge in [0.2, 0.25) is 5.91 Å². The van der Waals surface area contributed by atoms with Gasteiger partial charge in [0.05, 0.1) is 12.2 Å². The molecule has 2 heterocycles. The van der Waals surface area contributed by atoms with Gasteiger partial charge in [-0.05, 0) is 38.0 Å². The fraction of sp³-hybridized carbons (Fsp3) is 0.526. The van der Waals surface area contributed by atoms with E-state index in [-0.39, 0.29) is 24.7 Å². The first-order chi connectivity index (χ1) is 12.8. The highest BCUT2D eigenvalue weighted by molar-refractivity contribution is 6.09. The molecule has 3 atom stereocenters. The lowest BCUT2D eigenvalue weighted by Gasteiger charge is -2.35. The number of morpholine rings is 1. The number of carbonyl (C=O) groups is 3. The number of nitrogens with one attached hydrogen (secondary N) is 1. The van der Waals surface area contributed by atoms with E-state index in [0.717, 1.165) is 4.90 Å². The number of hydrogen-bond donors (Lipinski definition) is 1. The topological polar surface area (TPSA) is 79.0 Å². The fourth-order valence-corrected chi connectivity index (χ4v) is 3.76. The fourth-order valence-electron chi connectivity index (χ4n) is 3.76. The molecule has 3 rings (SSSR count). The molecule has 2 aliphatic heterocycles. The number of amides is 4. The zero-order chi connectivity index (χ0) is 19.8. The van der Waals surface area contributed by atoms with Crippen molar-refractivity contribution in [1.82, 2.24) is 15.1 Å². The van der Waals surface area contributed by atoms with Gasteiger partial charge in [0.25, 0.3) is 5.91 Å². The van der Waals surface area contributed by atoms with Crippen LogP contribution >= 0.6 is 0 Å². The van der Waals surface area contributed by atoms with Crippen LogP contribution in [0.1, 0.15) is 32.8 Å². The van der Waals surface area contributed by atoms with Crippen molar-refractivity contribution in [3.8, 4) is 0 Å². The van der Waals surface area contributed by atoms with Crippen LogP contribution in [0.4, 0.5) is 9.18 Å². The van der Waals surface area contributed by atoms with Gasteiger partial charge in [-0.1, -0.05) is 19.1 Å². The average molecular weight is 377 g/mol. The molecule has 0 aromatic heterocycles. The van der Waals surface area contributed by atoms with Crippen molar-refractivity contribution >= 4 is 17.8 Å². The molecule has 2 fully saturated rings. The average Bonchev–Trinajstić information content (AvgIpc) is 2.86. The van der Waals surface area contributed by atoms with E-state index in [9.17, 15) is 18.8 Å². The van der Waals surface area contributed by atoms with E-state index in [1.807, 2.05) is 13.8 Å². The Kier molecular flexibility index (Phi) is 5.19. The predicted molar refractivity (Wildman–Crippen MR) is 95.2 cm³/mol. The van der Waals surface area contributed by atoms with Crippen molar-refractivity contribution in [3.05, 3.63) is 35.6 Å². The highest BCUT2D eigenvalue weighted by Gasteiger charge is 2.52. The van der Waals surface area contributed by atoms with Crippen LogP contribution in [0.15, 0.2) is 24.3 Å². The van der Waals surface area contributed by atoms with Gasteiger partial charge in [0.1, 0.15) is 17.9 Å². The van der Waals surface area contributed by atoms with E-state index in [0.29, 0.717) is 25.1 Å². The smallest absolute Gasteiger partial charge is 0.325 e. The molecule has 1 N–H and O–H groups in total. The summed E-state index contributed by atoms with van der Waals surface area (Å²) in [4.78, 5) is 40.7. The third-order valence-corrected chi connectivity index (χ3v) is 5.11. The van der Waals surface area contributed by atoms with Crippen molar-refractivity contribution < 1.29 is 23.5 Å². The predicted octanol–water partition coefficient (Wildman–Crippen LogP) is 1.62. The van der Waals surface area contributed by atoms with Gasteiger partial charge in [-0.3, -0.25) is 14.5 Å². The molecule has 0 unspecified atom stereocenters. The molecular weight excluding hydrogens is 353 g/mol. The summed E-state index contributed by atoms with van der Waals surface area (Å²) in [5.41, 5.74) is -0.787. The first-order valence-electron chi connectivity index (χ1n) is 9.10. The normalized spacial score (nSPS) is 28.4. The Bertz CT molecular complexity index is 744. The van der Waals surface area contributed by atoms with Crippen molar-refractivity contribution in [2.24, 2.45) is 0 Å². The lowest BCUT2D eigenvalue weighted by atomic mass is 9.87. The van der Waals surface area contributed by atoms with Crippen LogP contribution in [-0.2, 0) is 19.9 Å². The second-order valence-electron chi connectivity index (χ2n) is 7.14. The Hall–Kier alpha value is -2.48. The van der Waals surface area contributed by atoms with Crippen LogP contribution < -0.4 is 5.32 Å². The van der Waals surface area contributed by atoms with Gasteiger partial charge in [-0.2, -0.15) is 0 Å². The van der Waals surface area contributed by atoms with Gasteiger partial charge in [-0.25, -0.2) is 9.18 Å².